The molecule has 0 aliphatic carbocycles. The minimum atomic E-state index is -0.833. The van der Waals surface area contributed by atoms with Crippen molar-refractivity contribution < 1.29 is 39.6 Å². The molecule has 0 unspecified atom stereocenters. The quantitative estimate of drug-likeness (QED) is 0.473. The molecule has 0 atom stereocenters. The van der Waals surface area contributed by atoms with Crippen LogP contribution < -0.4 is 0 Å². The summed E-state index contributed by atoms with van der Waals surface area (Å²) in [5.41, 5.74) is 0. The van der Waals surface area contributed by atoms with Crippen LogP contribution in [-0.4, -0.2) is 44.3 Å². The Morgan fingerprint density at radius 3 is 1.05 bits per heavy atom. The highest BCUT2D eigenvalue weighted by atomic mass is 16.4. The second-order valence-corrected chi connectivity index (χ2v) is 4.36. The van der Waals surface area contributed by atoms with Gasteiger partial charge in [0.25, 0.3) is 5.97 Å². The van der Waals surface area contributed by atoms with Gasteiger partial charge in [0.1, 0.15) is 0 Å². The Bertz CT molecular complexity index is 303. The number of aliphatic carboxylic acids is 4. The van der Waals surface area contributed by atoms with Crippen LogP contribution in [0.2, 0.25) is 0 Å². The first-order chi connectivity index (χ1) is 10.1. The van der Waals surface area contributed by atoms with E-state index in [0.717, 1.165) is 26.2 Å². The summed E-state index contributed by atoms with van der Waals surface area (Å²) in [6.45, 7) is 2.92. The molecule has 0 aromatic heterocycles. The Hall–Kier alpha value is -2.12. The summed E-state index contributed by atoms with van der Waals surface area (Å²) in [5, 5.41) is 31.9. The maximum atomic E-state index is 10.0. The van der Waals surface area contributed by atoms with Crippen molar-refractivity contribution in [3.63, 3.8) is 0 Å². The largest absolute Gasteiger partial charge is 0.481 e. The third-order valence-corrected chi connectivity index (χ3v) is 2.00. The summed E-state index contributed by atoms with van der Waals surface area (Å²) in [5.74, 6) is -3.11. The summed E-state index contributed by atoms with van der Waals surface area (Å²) in [6.07, 6.45) is 4.30. The van der Waals surface area contributed by atoms with E-state index in [9.17, 15) is 14.4 Å². The molecule has 0 rings (SSSR count). The van der Waals surface area contributed by atoms with E-state index >= 15 is 0 Å². The summed E-state index contributed by atoms with van der Waals surface area (Å²) >= 11 is 0. The Labute approximate surface area is 129 Å². The molecule has 8 nitrogen and oxygen atoms in total. The molecular formula is C14H26O8. The maximum Gasteiger partial charge on any atom is 0.303 e. The van der Waals surface area contributed by atoms with Gasteiger partial charge in [-0.2, -0.15) is 0 Å². The van der Waals surface area contributed by atoms with Crippen molar-refractivity contribution in [2.45, 2.75) is 65.2 Å². The Morgan fingerprint density at radius 1 is 0.636 bits per heavy atom. The van der Waals surface area contributed by atoms with Crippen LogP contribution >= 0.6 is 0 Å². The number of rotatable bonds is 9. The van der Waals surface area contributed by atoms with E-state index in [1.165, 1.54) is 0 Å². The molecule has 0 heterocycles. The van der Waals surface area contributed by atoms with Gasteiger partial charge in [-0.25, -0.2) is 0 Å². The van der Waals surface area contributed by atoms with Crippen molar-refractivity contribution in [2.75, 3.05) is 0 Å². The van der Waals surface area contributed by atoms with Crippen LogP contribution in [0, 0.1) is 0 Å². The average Bonchev–Trinajstić information content (AvgIpc) is 2.32. The highest BCUT2D eigenvalue weighted by Gasteiger charge is 1.98. The van der Waals surface area contributed by atoms with Crippen LogP contribution in [0.3, 0.4) is 0 Å². The first kappa shape index (κ1) is 24.9. The summed E-state index contributed by atoms with van der Waals surface area (Å²) in [7, 11) is 0. The van der Waals surface area contributed by atoms with Crippen LogP contribution in [0.4, 0.5) is 0 Å². The Morgan fingerprint density at radius 2 is 0.909 bits per heavy atom. The number of hydrogen-bond donors (Lipinski definition) is 4. The first-order valence-electron chi connectivity index (χ1n) is 6.98. The van der Waals surface area contributed by atoms with Crippen molar-refractivity contribution in [1.29, 1.82) is 0 Å². The van der Waals surface area contributed by atoms with Crippen molar-refractivity contribution in [2.24, 2.45) is 0 Å². The molecule has 0 saturated heterocycles. The van der Waals surface area contributed by atoms with E-state index in [2.05, 4.69) is 0 Å². The molecular weight excluding hydrogens is 296 g/mol. The van der Waals surface area contributed by atoms with Gasteiger partial charge >= 0.3 is 17.9 Å². The fraction of sp³-hybridized carbons (Fsp3) is 0.714. The van der Waals surface area contributed by atoms with Gasteiger partial charge in [0.15, 0.2) is 0 Å². The topological polar surface area (TPSA) is 149 Å². The molecule has 0 aromatic rings. The van der Waals surface area contributed by atoms with E-state index in [1.54, 1.807) is 0 Å². The monoisotopic (exact) mass is 322 g/mol. The van der Waals surface area contributed by atoms with Gasteiger partial charge in [-0.15, -0.1) is 0 Å². The SMILES string of the molecule is CC(=O)O.CCCC(=O)O.O=C(O)CCCCCCC(=O)O. The van der Waals surface area contributed by atoms with Gasteiger partial charge in [-0.3, -0.25) is 19.2 Å². The molecule has 0 bridgehead atoms. The van der Waals surface area contributed by atoms with Gasteiger partial charge in [0.05, 0.1) is 0 Å². The number of carboxylic acid groups (broad SMARTS) is 4. The van der Waals surface area contributed by atoms with Crippen LogP contribution in [0.1, 0.15) is 65.2 Å². The minimum absolute atomic E-state index is 0.188. The Balaban J connectivity index is -0.000000300. The fourth-order valence-corrected chi connectivity index (χ4v) is 1.12. The van der Waals surface area contributed by atoms with Crippen LogP contribution in [0.5, 0.6) is 0 Å². The zero-order valence-electron chi connectivity index (χ0n) is 13.1. The molecule has 0 aliphatic rings. The first-order valence-corrected chi connectivity index (χ1v) is 6.98. The van der Waals surface area contributed by atoms with Crippen molar-refractivity contribution in [3.05, 3.63) is 0 Å². The molecule has 0 amide bonds. The smallest absolute Gasteiger partial charge is 0.303 e. The highest BCUT2D eigenvalue weighted by molar-refractivity contribution is 5.67. The molecule has 0 spiro atoms. The number of unbranched alkanes of at least 4 members (excludes halogenated alkanes) is 3. The van der Waals surface area contributed by atoms with Gasteiger partial charge < -0.3 is 20.4 Å². The van der Waals surface area contributed by atoms with Crippen LogP contribution in [0.15, 0.2) is 0 Å². The molecule has 0 radical (unpaired) electrons. The van der Waals surface area contributed by atoms with E-state index in [0.29, 0.717) is 19.3 Å². The molecule has 0 fully saturated rings. The van der Waals surface area contributed by atoms with Gasteiger partial charge in [-0.1, -0.05) is 19.8 Å². The normalized spacial score (nSPS) is 8.64. The number of carbonyl (C=O) groups is 4. The number of hydrogen-bond acceptors (Lipinski definition) is 4. The predicted molar refractivity (Wildman–Crippen MR) is 78.8 cm³/mol. The van der Waals surface area contributed by atoms with Gasteiger partial charge in [0, 0.05) is 26.2 Å². The maximum absolute atomic E-state index is 10.0. The second kappa shape index (κ2) is 18.9. The van der Waals surface area contributed by atoms with E-state index in [-0.39, 0.29) is 12.8 Å². The molecule has 0 saturated carbocycles. The van der Waals surface area contributed by atoms with Crippen LogP contribution in [0.25, 0.3) is 0 Å². The van der Waals surface area contributed by atoms with Crippen molar-refractivity contribution in [3.8, 4) is 0 Å². The fourth-order valence-electron chi connectivity index (χ4n) is 1.12. The van der Waals surface area contributed by atoms with E-state index in [1.807, 2.05) is 6.92 Å². The molecule has 130 valence electrons. The summed E-state index contributed by atoms with van der Waals surface area (Å²) in [6, 6.07) is 0. The molecule has 22 heavy (non-hydrogen) atoms. The Kier molecular flexibility index (Phi) is 21.3. The summed E-state index contributed by atoms with van der Waals surface area (Å²) < 4.78 is 0. The highest BCUT2D eigenvalue weighted by Crippen LogP contribution is 2.04. The zero-order valence-corrected chi connectivity index (χ0v) is 13.1. The van der Waals surface area contributed by atoms with Crippen molar-refractivity contribution in [1.82, 2.24) is 0 Å². The van der Waals surface area contributed by atoms with E-state index < -0.39 is 23.9 Å². The van der Waals surface area contributed by atoms with E-state index in [4.69, 9.17) is 25.2 Å². The lowest BCUT2D eigenvalue weighted by Crippen LogP contribution is -1.95. The zero-order chi connectivity index (χ0) is 18.0. The standard InChI is InChI=1S/C8H14O4.C4H8O2.C2H4O2/c9-7(10)5-3-1-2-4-6-8(11)12;1-2-3-4(5)6;1-2(3)4/h1-6H2,(H,9,10)(H,11,12);2-3H2,1H3,(H,5,6);1H3,(H,3,4). The lowest BCUT2D eigenvalue weighted by molar-refractivity contribution is -0.138. The van der Waals surface area contributed by atoms with Crippen LogP contribution in [-0.2, 0) is 19.2 Å². The number of carboxylic acids is 4. The summed E-state index contributed by atoms with van der Waals surface area (Å²) in [4.78, 5) is 38.7. The van der Waals surface area contributed by atoms with Gasteiger partial charge in [-0.05, 0) is 19.3 Å². The second-order valence-electron chi connectivity index (χ2n) is 4.36. The molecule has 0 aliphatic heterocycles. The van der Waals surface area contributed by atoms with Crippen molar-refractivity contribution >= 4 is 23.9 Å². The van der Waals surface area contributed by atoms with Gasteiger partial charge in [0.2, 0.25) is 0 Å². The molecule has 4 N–H and O–H groups in total. The third-order valence-electron chi connectivity index (χ3n) is 2.00. The predicted octanol–water partition coefficient (Wildman–Crippen LogP) is 2.46. The minimum Gasteiger partial charge on any atom is -0.481 e. The lowest BCUT2D eigenvalue weighted by Gasteiger charge is -1.96. The third kappa shape index (κ3) is 52.2. The average molecular weight is 322 g/mol. The molecule has 0 aromatic carbocycles. The molecule has 8 heteroatoms. The lowest BCUT2D eigenvalue weighted by atomic mass is 10.1.